The van der Waals surface area contributed by atoms with E-state index in [1.165, 1.54) is 6.42 Å². The summed E-state index contributed by atoms with van der Waals surface area (Å²) in [6.45, 7) is 11.4. The number of aliphatic imine (C=N–C) groups is 1. The molecule has 1 fully saturated rings. The second kappa shape index (κ2) is 5.57. The Hall–Kier alpha value is -0.970. The van der Waals surface area contributed by atoms with E-state index in [1.54, 1.807) is 11.8 Å². The van der Waals surface area contributed by atoms with Crippen LogP contribution in [-0.4, -0.2) is 22.1 Å². The Labute approximate surface area is 119 Å². The van der Waals surface area contributed by atoms with Gasteiger partial charge in [0.05, 0.1) is 12.2 Å². The lowest BCUT2D eigenvalue weighted by atomic mass is 9.85. The summed E-state index contributed by atoms with van der Waals surface area (Å²) < 4.78 is 5.16. The molecule has 0 radical (unpaired) electrons. The SMILES string of the molecule is Cc1noc(C)c1CN=C1NC(C(C)(C)C)CCS1. The molecule has 2 heterocycles. The van der Waals surface area contributed by atoms with Gasteiger partial charge < -0.3 is 9.84 Å². The summed E-state index contributed by atoms with van der Waals surface area (Å²) >= 11 is 1.80. The lowest BCUT2D eigenvalue weighted by Crippen LogP contribution is -2.46. The molecule has 1 aliphatic rings. The lowest BCUT2D eigenvalue weighted by molar-refractivity contribution is 0.290. The molecular formula is C14H23N3OS. The van der Waals surface area contributed by atoms with Crippen molar-refractivity contribution in [3.63, 3.8) is 0 Å². The molecule has 19 heavy (non-hydrogen) atoms. The zero-order valence-corrected chi connectivity index (χ0v) is 13.2. The highest BCUT2D eigenvalue weighted by atomic mass is 32.2. The zero-order valence-electron chi connectivity index (χ0n) is 12.4. The Bertz CT molecular complexity index is 454. The monoisotopic (exact) mass is 281 g/mol. The standard InChI is InChI=1S/C14H23N3OS/c1-9-11(10(2)18-17-9)8-15-13-16-12(6-7-19-13)14(3,4)5/h12H,6-8H2,1-5H3,(H,15,16). The van der Waals surface area contributed by atoms with Gasteiger partial charge >= 0.3 is 0 Å². The lowest BCUT2D eigenvalue weighted by Gasteiger charge is -2.35. The Morgan fingerprint density at radius 1 is 1.42 bits per heavy atom. The molecule has 1 saturated heterocycles. The van der Waals surface area contributed by atoms with E-state index in [4.69, 9.17) is 4.52 Å². The van der Waals surface area contributed by atoms with Gasteiger partial charge in [0.25, 0.3) is 0 Å². The second-order valence-corrected chi connectivity index (χ2v) is 7.21. The molecule has 0 bridgehead atoms. The van der Waals surface area contributed by atoms with Crippen LogP contribution in [0.25, 0.3) is 0 Å². The van der Waals surface area contributed by atoms with E-state index in [0.29, 0.717) is 12.6 Å². The summed E-state index contributed by atoms with van der Waals surface area (Å²) in [6.07, 6.45) is 1.19. The highest BCUT2D eigenvalue weighted by Crippen LogP contribution is 2.27. The second-order valence-electron chi connectivity index (χ2n) is 6.12. The van der Waals surface area contributed by atoms with Crippen LogP contribution in [-0.2, 0) is 6.54 Å². The molecule has 0 spiro atoms. The fourth-order valence-corrected chi connectivity index (χ4v) is 3.08. The van der Waals surface area contributed by atoms with Crippen LogP contribution in [0.4, 0.5) is 0 Å². The van der Waals surface area contributed by atoms with Crippen molar-refractivity contribution < 1.29 is 4.52 Å². The van der Waals surface area contributed by atoms with Gasteiger partial charge in [-0.3, -0.25) is 4.99 Å². The van der Waals surface area contributed by atoms with Crippen LogP contribution in [0, 0.1) is 19.3 Å². The molecule has 1 aliphatic heterocycles. The molecule has 1 unspecified atom stereocenters. The number of hydrogen-bond acceptors (Lipinski definition) is 4. The number of hydrogen-bond donors (Lipinski definition) is 1. The van der Waals surface area contributed by atoms with Crippen molar-refractivity contribution in [3.05, 3.63) is 17.0 Å². The first-order valence-corrected chi connectivity index (χ1v) is 7.72. The van der Waals surface area contributed by atoms with Crippen LogP contribution >= 0.6 is 11.8 Å². The van der Waals surface area contributed by atoms with Crippen LogP contribution in [0.1, 0.15) is 44.2 Å². The number of amidine groups is 1. The minimum Gasteiger partial charge on any atom is -0.362 e. The molecule has 4 nitrogen and oxygen atoms in total. The molecule has 1 atom stereocenters. The van der Waals surface area contributed by atoms with Crippen molar-refractivity contribution in [2.45, 2.75) is 53.6 Å². The van der Waals surface area contributed by atoms with Gasteiger partial charge in [0.15, 0.2) is 5.17 Å². The average molecular weight is 281 g/mol. The van der Waals surface area contributed by atoms with Crippen molar-refractivity contribution in [1.29, 1.82) is 0 Å². The molecule has 0 aliphatic carbocycles. The first-order chi connectivity index (χ1) is 8.88. The molecule has 0 amide bonds. The van der Waals surface area contributed by atoms with Gasteiger partial charge in [-0.1, -0.05) is 37.7 Å². The first kappa shape index (κ1) is 14.4. The fourth-order valence-electron chi connectivity index (χ4n) is 2.16. The summed E-state index contributed by atoms with van der Waals surface area (Å²) in [4.78, 5) is 4.68. The van der Waals surface area contributed by atoms with Crippen molar-refractivity contribution in [2.24, 2.45) is 10.4 Å². The van der Waals surface area contributed by atoms with E-state index in [9.17, 15) is 0 Å². The van der Waals surface area contributed by atoms with Crippen LogP contribution in [0.15, 0.2) is 9.52 Å². The quantitative estimate of drug-likeness (QED) is 0.903. The number of thioether (sulfide) groups is 1. The molecule has 1 N–H and O–H groups in total. The summed E-state index contributed by atoms with van der Waals surface area (Å²) in [7, 11) is 0. The van der Waals surface area contributed by atoms with E-state index in [2.05, 4.69) is 36.2 Å². The maximum atomic E-state index is 5.16. The maximum Gasteiger partial charge on any atom is 0.157 e. The third-order valence-corrected chi connectivity index (χ3v) is 4.51. The fraction of sp³-hybridized carbons (Fsp3) is 0.714. The van der Waals surface area contributed by atoms with Gasteiger partial charge in [-0.25, -0.2) is 0 Å². The predicted octanol–water partition coefficient (Wildman–Crippen LogP) is 3.29. The average Bonchev–Trinajstić information content (AvgIpc) is 2.66. The van der Waals surface area contributed by atoms with E-state index in [1.807, 2.05) is 13.8 Å². The predicted molar refractivity (Wildman–Crippen MR) is 80.6 cm³/mol. The van der Waals surface area contributed by atoms with Crippen LogP contribution < -0.4 is 5.32 Å². The third kappa shape index (κ3) is 3.53. The topological polar surface area (TPSA) is 50.4 Å². The van der Waals surface area contributed by atoms with Crippen molar-refractivity contribution in [1.82, 2.24) is 10.5 Å². The summed E-state index contributed by atoms with van der Waals surface area (Å²) in [5.41, 5.74) is 2.31. The highest BCUT2D eigenvalue weighted by Gasteiger charge is 2.28. The van der Waals surface area contributed by atoms with Crippen LogP contribution in [0.5, 0.6) is 0 Å². The molecule has 2 rings (SSSR count). The van der Waals surface area contributed by atoms with Gasteiger partial charge in [0.1, 0.15) is 5.76 Å². The van der Waals surface area contributed by atoms with Crippen LogP contribution in [0.3, 0.4) is 0 Å². The number of nitrogens with one attached hydrogen (secondary N) is 1. The van der Waals surface area contributed by atoms with E-state index in [0.717, 1.165) is 27.9 Å². The number of aryl methyl sites for hydroxylation is 2. The Kier molecular flexibility index (Phi) is 4.23. The summed E-state index contributed by atoms with van der Waals surface area (Å²) in [6, 6.07) is 0.497. The number of nitrogens with zero attached hydrogens (tertiary/aromatic N) is 2. The number of rotatable bonds is 2. The van der Waals surface area contributed by atoms with E-state index in [-0.39, 0.29) is 5.41 Å². The maximum absolute atomic E-state index is 5.16. The van der Waals surface area contributed by atoms with Gasteiger partial charge in [-0.05, 0) is 25.7 Å². The van der Waals surface area contributed by atoms with Gasteiger partial charge in [-0.15, -0.1) is 0 Å². The minimum absolute atomic E-state index is 0.269. The smallest absolute Gasteiger partial charge is 0.157 e. The largest absolute Gasteiger partial charge is 0.362 e. The molecule has 0 aromatic carbocycles. The van der Waals surface area contributed by atoms with E-state index >= 15 is 0 Å². The summed E-state index contributed by atoms with van der Waals surface area (Å²) in [5.74, 6) is 2.00. The van der Waals surface area contributed by atoms with Crippen LogP contribution in [0.2, 0.25) is 0 Å². The molecule has 0 saturated carbocycles. The normalized spacial score (nSPS) is 22.6. The highest BCUT2D eigenvalue weighted by molar-refractivity contribution is 8.13. The van der Waals surface area contributed by atoms with Crippen molar-refractivity contribution in [2.75, 3.05) is 5.75 Å². The summed E-state index contributed by atoms with van der Waals surface area (Å²) in [5, 5.41) is 8.57. The zero-order chi connectivity index (χ0) is 14.0. The van der Waals surface area contributed by atoms with Gasteiger partial charge in [0, 0.05) is 17.4 Å². The molecule has 106 valence electrons. The molecule has 1 aromatic heterocycles. The third-order valence-electron chi connectivity index (χ3n) is 3.55. The van der Waals surface area contributed by atoms with E-state index < -0.39 is 0 Å². The Morgan fingerprint density at radius 3 is 2.74 bits per heavy atom. The molecule has 5 heteroatoms. The van der Waals surface area contributed by atoms with Gasteiger partial charge in [0.2, 0.25) is 0 Å². The molecular weight excluding hydrogens is 258 g/mol. The Balaban J connectivity index is 2.04. The Morgan fingerprint density at radius 2 is 2.16 bits per heavy atom. The van der Waals surface area contributed by atoms with Gasteiger partial charge in [-0.2, -0.15) is 0 Å². The molecule has 1 aromatic rings. The van der Waals surface area contributed by atoms with Crippen molar-refractivity contribution in [3.8, 4) is 0 Å². The minimum atomic E-state index is 0.269. The van der Waals surface area contributed by atoms with Crippen molar-refractivity contribution >= 4 is 16.9 Å². The first-order valence-electron chi connectivity index (χ1n) is 6.73. The number of aromatic nitrogens is 1.